The molecule has 3 aromatic heterocycles. The van der Waals surface area contributed by atoms with Crippen LogP contribution in [0.1, 0.15) is 16.1 Å². The van der Waals surface area contributed by atoms with E-state index in [0.29, 0.717) is 5.69 Å². The van der Waals surface area contributed by atoms with Crippen molar-refractivity contribution in [2.75, 3.05) is 19.0 Å². The second-order valence-corrected chi connectivity index (χ2v) is 11.3. The Kier molecular flexibility index (Phi) is 7.90. The summed E-state index contributed by atoms with van der Waals surface area (Å²) < 4.78 is 78.9. The molecule has 0 radical (unpaired) electrons. The quantitative estimate of drug-likeness (QED) is 0.223. The molecule has 0 aliphatic carbocycles. The van der Waals surface area contributed by atoms with E-state index in [-0.39, 0.29) is 40.7 Å². The van der Waals surface area contributed by atoms with Crippen LogP contribution in [0.4, 0.5) is 18.9 Å². The molecule has 1 amide bonds. The molecule has 0 aliphatic heterocycles. The number of H-pyrrole nitrogens is 1. The Morgan fingerprint density at radius 2 is 1.95 bits per heavy atom. The number of amides is 1. The van der Waals surface area contributed by atoms with Crippen LogP contribution >= 0.6 is 11.6 Å². The van der Waals surface area contributed by atoms with Gasteiger partial charge in [0.25, 0.3) is 5.91 Å². The summed E-state index contributed by atoms with van der Waals surface area (Å²) in [7, 11) is -3.10. The molecule has 11 nitrogen and oxygen atoms in total. The van der Waals surface area contributed by atoms with Crippen molar-refractivity contribution in [2.24, 2.45) is 0 Å². The number of hydrogen-bond donors (Lipinski definition) is 3. The number of benzene rings is 2. The molecular formula is C26H20ClF3N6O5S. The van der Waals surface area contributed by atoms with Gasteiger partial charge in [0, 0.05) is 28.9 Å². The molecule has 2 aromatic carbocycles. The van der Waals surface area contributed by atoms with E-state index < -0.39 is 60.5 Å². The van der Waals surface area contributed by atoms with Crippen LogP contribution in [0.3, 0.4) is 0 Å². The van der Waals surface area contributed by atoms with Crippen LogP contribution in [-0.2, 0) is 22.1 Å². The Labute approximate surface area is 240 Å². The molecule has 0 saturated carbocycles. The average Bonchev–Trinajstić information content (AvgIpc) is 3.59. The maximum atomic E-state index is 15.7. The third-order valence-electron chi connectivity index (χ3n) is 6.21. The van der Waals surface area contributed by atoms with Gasteiger partial charge in [0.1, 0.15) is 27.7 Å². The maximum absolute atomic E-state index is 15.7. The summed E-state index contributed by atoms with van der Waals surface area (Å²) >= 11 is 5.89. The van der Waals surface area contributed by atoms with Crippen molar-refractivity contribution in [1.82, 2.24) is 25.0 Å². The van der Waals surface area contributed by atoms with E-state index in [4.69, 9.17) is 21.4 Å². The normalized spacial score (nSPS) is 11.7. The largest absolute Gasteiger partial charge is 0.480 e. The summed E-state index contributed by atoms with van der Waals surface area (Å²) in [5, 5.41) is 21.8. The number of anilines is 1. The number of methoxy groups -OCH3 is 1. The van der Waals surface area contributed by atoms with Crippen molar-refractivity contribution >= 4 is 43.9 Å². The number of aliphatic hydroxyl groups excluding tert-OH is 1. The van der Waals surface area contributed by atoms with Gasteiger partial charge in [-0.3, -0.25) is 14.6 Å². The first-order valence-corrected chi connectivity index (χ1v) is 14.1. The molecule has 5 rings (SSSR count). The second kappa shape index (κ2) is 11.4. The zero-order valence-corrected chi connectivity index (χ0v) is 23.1. The SMILES string of the molecule is COc1ncc(Cl)cc1S(=O)(=O)Cc1ccc(F)c(-c2ccc3c(C(=O)Nc4cnn(CCO)c4)[nH]nc3c2F)c1F. The summed E-state index contributed by atoms with van der Waals surface area (Å²) in [6.07, 6.45) is 4.00. The number of aromatic amines is 1. The van der Waals surface area contributed by atoms with Gasteiger partial charge in [0.15, 0.2) is 15.7 Å². The van der Waals surface area contributed by atoms with Gasteiger partial charge in [-0.15, -0.1) is 0 Å². The third-order valence-corrected chi connectivity index (χ3v) is 8.07. The molecule has 0 saturated heterocycles. The van der Waals surface area contributed by atoms with E-state index >= 15 is 8.78 Å². The number of fused-ring (bicyclic) bond motifs is 1. The van der Waals surface area contributed by atoms with Crippen molar-refractivity contribution in [1.29, 1.82) is 0 Å². The molecule has 3 heterocycles. The van der Waals surface area contributed by atoms with E-state index in [0.717, 1.165) is 24.3 Å². The number of pyridine rings is 1. The fraction of sp³-hybridized carbons (Fsp3) is 0.154. The Balaban J connectivity index is 1.49. The molecule has 42 heavy (non-hydrogen) atoms. The van der Waals surface area contributed by atoms with E-state index in [9.17, 15) is 17.6 Å². The lowest BCUT2D eigenvalue weighted by molar-refractivity contribution is 0.102. The van der Waals surface area contributed by atoms with Gasteiger partial charge in [-0.05, 0) is 18.2 Å². The highest BCUT2D eigenvalue weighted by Gasteiger charge is 2.28. The van der Waals surface area contributed by atoms with Gasteiger partial charge >= 0.3 is 0 Å². The molecule has 0 aliphatic rings. The molecule has 5 aromatic rings. The summed E-state index contributed by atoms with van der Waals surface area (Å²) in [6.45, 7) is 0.0546. The summed E-state index contributed by atoms with van der Waals surface area (Å²) in [6, 6.07) is 5.16. The van der Waals surface area contributed by atoms with Gasteiger partial charge in [-0.1, -0.05) is 23.7 Å². The number of ether oxygens (including phenoxy) is 1. The zero-order chi connectivity index (χ0) is 30.2. The van der Waals surface area contributed by atoms with Gasteiger partial charge in [-0.25, -0.2) is 26.6 Å². The maximum Gasteiger partial charge on any atom is 0.274 e. The smallest absolute Gasteiger partial charge is 0.274 e. The average molecular weight is 621 g/mol. The number of carbonyl (C=O) groups is 1. The number of nitrogens with one attached hydrogen (secondary N) is 2. The zero-order valence-electron chi connectivity index (χ0n) is 21.5. The highest BCUT2D eigenvalue weighted by Crippen LogP contribution is 2.35. The number of sulfone groups is 1. The topological polar surface area (TPSA) is 152 Å². The van der Waals surface area contributed by atoms with Crippen LogP contribution in [0, 0.1) is 17.5 Å². The minimum absolute atomic E-state index is 0.00571. The van der Waals surface area contributed by atoms with Crippen molar-refractivity contribution in [3.8, 4) is 17.0 Å². The highest BCUT2D eigenvalue weighted by atomic mass is 35.5. The molecule has 0 bridgehead atoms. The summed E-state index contributed by atoms with van der Waals surface area (Å²) in [5.41, 5.74) is -2.01. The number of aliphatic hydroxyl groups is 1. The molecule has 0 spiro atoms. The van der Waals surface area contributed by atoms with Crippen LogP contribution in [0.15, 0.2) is 53.8 Å². The van der Waals surface area contributed by atoms with Gasteiger partial charge in [0.05, 0.1) is 48.5 Å². The predicted molar refractivity (Wildman–Crippen MR) is 145 cm³/mol. The lowest BCUT2D eigenvalue weighted by Crippen LogP contribution is -2.12. The van der Waals surface area contributed by atoms with Crippen molar-refractivity contribution in [2.45, 2.75) is 17.2 Å². The van der Waals surface area contributed by atoms with Gasteiger partial charge in [-0.2, -0.15) is 10.2 Å². The summed E-state index contributed by atoms with van der Waals surface area (Å²) in [4.78, 5) is 16.2. The first kappa shape index (κ1) is 29.0. The Morgan fingerprint density at radius 3 is 2.69 bits per heavy atom. The van der Waals surface area contributed by atoms with E-state index in [1.807, 2.05) is 0 Å². The molecule has 0 atom stereocenters. The van der Waals surface area contributed by atoms with Gasteiger partial charge in [0.2, 0.25) is 5.88 Å². The van der Waals surface area contributed by atoms with E-state index in [1.54, 1.807) is 0 Å². The van der Waals surface area contributed by atoms with Gasteiger partial charge < -0.3 is 15.2 Å². The van der Waals surface area contributed by atoms with Crippen LogP contribution in [0.2, 0.25) is 5.02 Å². The van der Waals surface area contributed by atoms with Crippen LogP contribution in [0.5, 0.6) is 5.88 Å². The second-order valence-electron chi connectivity index (χ2n) is 8.91. The van der Waals surface area contributed by atoms with Crippen molar-refractivity contribution in [3.63, 3.8) is 0 Å². The highest BCUT2D eigenvalue weighted by molar-refractivity contribution is 7.90. The first-order valence-electron chi connectivity index (χ1n) is 12.0. The Morgan fingerprint density at radius 1 is 1.17 bits per heavy atom. The number of aromatic nitrogens is 5. The standard InChI is InChI=1S/C26H20ClF3N6O5S/c1-41-26-19(8-14(27)9-31-26)42(39,40)12-13-2-5-18(28)20(21(13)29)16-3-4-17-23(22(16)30)34-35-24(17)25(38)33-15-10-32-36(11-15)6-7-37/h2-5,8-11,37H,6-7,12H2,1H3,(H,33,38)(H,34,35). The van der Waals surface area contributed by atoms with E-state index in [2.05, 4.69) is 25.6 Å². The minimum atomic E-state index is -4.30. The lowest BCUT2D eigenvalue weighted by Gasteiger charge is -2.13. The first-order chi connectivity index (χ1) is 20.0. The van der Waals surface area contributed by atoms with Crippen molar-refractivity contribution in [3.05, 3.63) is 82.7 Å². The van der Waals surface area contributed by atoms with Crippen LogP contribution < -0.4 is 10.1 Å². The molecule has 3 N–H and O–H groups in total. The molecular weight excluding hydrogens is 601 g/mol. The Hall–Kier alpha value is -4.47. The molecule has 16 heteroatoms. The predicted octanol–water partition coefficient (Wildman–Crippen LogP) is 4.12. The van der Waals surface area contributed by atoms with E-state index in [1.165, 1.54) is 36.4 Å². The summed E-state index contributed by atoms with van der Waals surface area (Å²) in [5.74, 6) is -5.49. The number of halogens is 4. The fourth-order valence-electron chi connectivity index (χ4n) is 4.28. The molecule has 0 unspecified atom stereocenters. The lowest BCUT2D eigenvalue weighted by atomic mass is 9.99. The Bertz CT molecular complexity index is 1950. The fourth-order valence-corrected chi connectivity index (χ4v) is 6.00. The van der Waals surface area contributed by atoms with Crippen LogP contribution in [0.25, 0.3) is 22.0 Å². The number of hydrogen-bond acceptors (Lipinski definition) is 8. The number of rotatable bonds is 9. The monoisotopic (exact) mass is 620 g/mol. The molecule has 218 valence electrons. The molecule has 0 fully saturated rings. The van der Waals surface area contributed by atoms with Crippen LogP contribution in [-0.4, -0.2) is 58.1 Å². The number of carbonyl (C=O) groups excluding carboxylic acids is 1. The third kappa shape index (κ3) is 5.41. The van der Waals surface area contributed by atoms with Crippen molar-refractivity contribution < 1.29 is 36.2 Å². The minimum Gasteiger partial charge on any atom is -0.480 e. The number of nitrogens with zero attached hydrogens (tertiary/aromatic N) is 4.